The van der Waals surface area contributed by atoms with Gasteiger partial charge in [-0.15, -0.1) is 11.3 Å². The van der Waals surface area contributed by atoms with Crippen LogP contribution >= 0.6 is 11.3 Å². The minimum Gasteiger partial charge on any atom is -0.476 e. The second-order valence-corrected chi connectivity index (χ2v) is 5.22. The van der Waals surface area contributed by atoms with Crippen LogP contribution in [-0.2, 0) is 0 Å². The van der Waals surface area contributed by atoms with Gasteiger partial charge >= 0.3 is 5.97 Å². The largest absolute Gasteiger partial charge is 0.476 e. The number of carbonyl (C=O) groups excluding carboxylic acids is 1. The summed E-state index contributed by atoms with van der Waals surface area (Å²) in [6, 6.07) is 9.85. The summed E-state index contributed by atoms with van der Waals surface area (Å²) in [4.78, 5) is 26.3. The van der Waals surface area contributed by atoms with Crippen molar-refractivity contribution in [2.24, 2.45) is 0 Å². The predicted octanol–water partition coefficient (Wildman–Crippen LogP) is 2.37. The number of benzene rings is 1. The first-order chi connectivity index (χ1) is 9.58. The van der Waals surface area contributed by atoms with Gasteiger partial charge in [-0.25, -0.2) is 9.78 Å². The highest BCUT2D eigenvalue weighted by Crippen LogP contribution is 2.14. The molecule has 0 fully saturated rings. The summed E-state index contributed by atoms with van der Waals surface area (Å²) < 4.78 is 0. The van der Waals surface area contributed by atoms with Gasteiger partial charge in [-0.05, 0) is 11.5 Å². The van der Waals surface area contributed by atoms with E-state index >= 15 is 0 Å². The van der Waals surface area contributed by atoms with E-state index in [1.165, 1.54) is 5.38 Å². The Morgan fingerprint density at radius 2 is 2.05 bits per heavy atom. The molecule has 0 radical (unpaired) electrons. The van der Waals surface area contributed by atoms with Gasteiger partial charge in [0.15, 0.2) is 10.7 Å². The Kier molecular flexibility index (Phi) is 4.47. The second kappa shape index (κ2) is 6.29. The van der Waals surface area contributed by atoms with Gasteiger partial charge in [0.2, 0.25) is 0 Å². The molecule has 0 aliphatic rings. The first-order valence-electron chi connectivity index (χ1n) is 6.10. The number of carboxylic acid groups (broad SMARTS) is 1. The molecule has 2 N–H and O–H groups in total. The molecule has 1 aromatic carbocycles. The molecular weight excluding hydrogens is 276 g/mol. The van der Waals surface area contributed by atoms with Crippen molar-refractivity contribution in [3.05, 3.63) is 52.0 Å². The van der Waals surface area contributed by atoms with E-state index in [4.69, 9.17) is 5.11 Å². The topological polar surface area (TPSA) is 79.3 Å². The zero-order valence-electron chi connectivity index (χ0n) is 10.9. The van der Waals surface area contributed by atoms with Crippen LogP contribution in [-0.4, -0.2) is 28.5 Å². The molecule has 2 aromatic rings. The highest BCUT2D eigenvalue weighted by Gasteiger charge is 2.15. The van der Waals surface area contributed by atoms with Gasteiger partial charge < -0.3 is 10.4 Å². The maximum Gasteiger partial charge on any atom is 0.355 e. The van der Waals surface area contributed by atoms with Crippen molar-refractivity contribution in [3.8, 4) is 0 Å². The second-order valence-electron chi connectivity index (χ2n) is 4.36. The lowest BCUT2D eigenvalue weighted by Gasteiger charge is -2.12. The van der Waals surface area contributed by atoms with Crippen LogP contribution in [0.25, 0.3) is 0 Å². The van der Waals surface area contributed by atoms with Crippen LogP contribution in [0.15, 0.2) is 35.7 Å². The summed E-state index contributed by atoms with van der Waals surface area (Å²) in [5.74, 6) is -1.29. The Morgan fingerprint density at radius 1 is 1.35 bits per heavy atom. The summed E-state index contributed by atoms with van der Waals surface area (Å²) in [6.07, 6.45) is 0. The molecule has 0 saturated heterocycles. The minimum atomic E-state index is -1.13. The van der Waals surface area contributed by atoms with Gasteiger partial charge in [0.25, 0.3) is 5.91 Å². The van der Waals surface area contributed by atoms with Crippen molar-refractivity contribution in [1.82, 2.24) is 10.3 Å². The number of amides is 1. The van der Waals surface area contributed by atoms with Crippen LogP contribution in [0.4, 0.5) is 0 Å². The third kappa shape index (κ3) is 3.42. The molecule has 20 heavy (non-hydrogen) atoms. The fourth-order valence-electron chi connectivity index (χ4n) is 1.70. The standard InChI is InChI=1S/C14H14N2O3S/c1-9(10-5-3-2-4-6-10)7-15-12(17)13-16-11(8-20-13)14(18)19/h2-6,8-9H,7H2,1H3,(H,15,17)(H,18,19). The molecule has 1 unspecified atom stereocenters. The van der Waals surface area contributed by atoms with E-state index in [1.807, 2.05) is 37.3 Å². The Morgan fingerprint density at radius 3 is 2.65 bits per heavy atom. The Bertz CT molecular complexity index is 610. The number of aromatic carboxylic acids is 1. The SMILES string of the molecule is CC(CNC(=O)c1nc(C(=O)O)cs1)c1ccccc1. The van der Waals surface area contributed by atoms with Crippen LogP contribution in [0.5, 0.6) is 0 Å². The van der Waals surface area contributed by atoms with Gasteiger partial charge in [-0.3, -0.25) is 4.79 Å². The highest BCUT2D eigenvalue weighted by atomic mass is 32.1. The smallest absolute Gasteiger partial charge is 0.355 e. The van der Waals surface area contributed by atoms with Gasteiger partial charge in [-0.2, -0.15) is 0 Å². The molecule has 2 rings (SSSR count). The molecule has 104 valence electrons. The zero-order chi connectivity index (χ0) is 14.5. The monoisotopic (exact) mass is 290 g/mol. The van der Waals surface area contributed by atoms with Crippen molar-refractivity contribution in [3.63, 3.8) is 0 Å². The molecule has 1 amide bonds. The third-order valence-electron chi connectivity index (χ3n) is 2.85. The van der Waals surface area contributed by atoms with Crippen molar-refractivity contribution in [2.45, 2.75) is 12.8 Å². The van der Waals surface area contributed by atoms with Gasteiger partial charge in [0.1, 0.15) is 0 Å². The van der Waals surface area contributed by atoms with E-state index in [0.717, 1.165) is 16.9 Å². The number of thiazole rings is 1. The molecule has 0 bridgehead atoms. The summed E-state index contributed by atoms with van der Waals surface area (Å²) in [5, 5.41) is 13.1. The van der Waals surface area contributed by atoms with Crippen LogP contribution in [0.2, 0.25) is 0 Å². The molecule has 1 aromatic heterocycles. The maximum atomic E-state index is 11.9. The molecule has 6 heteroatoms. The number of nitrogens with zero attached hydrogens (tertiary/aromatic N) is 1. The fraction of sp³-hybridized carbons (Fsp3) is 0.214. The van der Waals surface area contributed by atoms with Crippen LogP contribution in [0.3, 0.4) is 0 Å². The van der Waals surface area contributed by atoms with Gasteiger partial charge in [0.05, 0.1) is 0 Å². The van der Waals surface area contributed by atoms with Crippen molar-refractivity contribution >= 4 is 23.2 Å². The lowest BCUT2D eigenvalue weighted by molar-refractivity contribution is 0.0691. The lowest BCUT2D eigenvalue weighted by Crippen LogP contribution is -2.27. The van der Waals surface area contributed by atoms with Gasteiger partial charge in [-0.1, -0.05) is 37.3 Å². The van der Waals surface area contributed by atoms with Crippen molar-refractivity contribution < 1.29 is 14.7 Å². The minimum absolute atomic E-state index is 0.101. The Hall–Kier alpha value is -2.21. The number of aromatic nitrogens is 1. The molecule has 1 heterocycles. The molecule has 0 aliphatic carbocycles. The molecule has 5 nitrogen and oxygen atoms in total. The maximum absolute atomic E-state index is 11.9. The number of nitrogens with one attached hydrogen (secondary N) is 1. The predicted molar refractivity (Wildman–Crippen MR) is 76.3 cm³/mol. The van der Waals surface area contributed by atoms with Crippen molar-refractivity contribution in [2.75, 3.05) is 6.54 Å². The van der Waals surface area contributed by atoms with Crippen molar-refractivity contribution in [1.29, 1.82) is 0 Å². The molecule has 1 atom stereocenters. The fourth-order valence-corrected chi connectivity index (χ4v) is 2.40. The van der Waals surface area contributed by atoms with Gasteiger partial charge in [0, 0.05) is 11.9 Å². The number of carbonyl (C=O) groups is 2. The zero-order valence-corrected chi connectivity index (χ0v) is 11.7. The Balaban J connectivity index is 1.93. The van der Waals surface area contributed by atoms with Crippen LogP contribution < -0.4 is 5.32 Å². The number of rotatable bonds is 5. The summed E-state index contributed by atoms with van der Waals surface area (Å²) >= 11 is 1.03. The highest BCUT2D eigenvalue weighted by molar-refractivity contribution is 7.11. The van der Waals surface area contributed by atoms with E-state index < -0.39 is 5.97 Å². The van der Waals surface area contributed by atoms with E-state index in [-0.39, 0.29) is 22.5 Å². The van der Waals surface area contributed by atoms with Crippen LogP contribution in [0.1, 0.15) is 38.7 Å². The summed E-state index contributed by atoms with van der Waals surface area (Å²) in [7, 11) is 0. The first-order valence-corrected chi connectivity index (χ1v) is 6.98. The summed E-state index contributed by atoms with van der Waals surface area (Å²) in [6.45, 7) is 2.49. The first kappa shape index (κ1) is 14.2. The summed E-state index contributed by atoms with van der Waals surface area (Å²) in [5.41, 5.74) is 1.04. The number of carboxylic acids is 1. The number of hydrogen-bond acceptors (Lipinski definition) is 4. The average molecular weight is 290 g/mol. The average Bonchev–Trinajstić information content (AvgIpc) is 2.95. The molecule has 0 spiro atoms. The molecule has 0 saturated carbocycles. The Labute approximate surface area is 120 Å². The van der Waals surface area contributed by atoms with E-state index in [9.17, 15) is 9.59 Å². The lowest BCUT2D eigenvalue weighted by atomic mass is 10.0. The van der Waals surface area contributed by atoms with Crippen LogP contribution in [0, 0.1) is 0 Å². The number of hydrogen-bond donors (Lipinski definition) is 2. The quantitative estimate of drug-likeness (QED) is 0.886. The normalized spacial score (nSPS) is 11.8. The van der Waals surface area contributed by atoms with E-state index in [2.05, 4.69) is 10.3 Å². The van der Waals surface area contributed by atoms with E-state index in [1.54, 1.807) is 0 Å². The third-order valence-corrected chi connectivity index (χ3v) is 3.70. The van der Waals surface area contributed by atoms with E-state index in [0.29, 0.717) is 6.54 Å². The molecular formula is C14H14N2O3S. The molecule has 0 aliphatic heterocycles.